The van der Waals surface area contributed by atoms with Crippen LogP contribution in [0, 0.1) is 23.7 Å². The van der Waals surface area contributed by atoms with E-state index in [4.69, 9.17) is 14.2 Å². The van der Waals surface area contributed by atoms with Crippen molar-refractivity contribution in [2.24, 2.45) is 23.7 Å². The van der Waals surface area contributed by atoms with E-state index in [2.05, 4.69) is 41.8 Å². The Morgan fingerprint density at radius 2 is 1.40 bits per heavy atom. The third-order valence-electron chi connectivity index (χ3n) is 17.5. The van der Waals surface area contributed by atoms with Gasteiger partial charge in [-0.2, -0.15) is 0 Å². The molecule has 2 aromatic carbocycles. The van der Waals surface area contributed by atoms with Crippen LogP contribution in [0.4, 0.5) is 10.5 Å². The first-order valence-electron chi connectivity index (χ1n) is 34.2. The van der Waals surface area contributed by atoms with Crippen molar-refractivity contribution < 1.29 is 67.0 Å². The Morgan fingerprint density at radius 3 is 2.05 bits per heavy atom. The predicted molar refractivity (Wildman–Crippen MR) is 365 cm³/mol. The average molecular weight is 1350 g/mol. The largest absolute Gasteiger partial charge is 0.466 e. The quantitative estimate of drug-likeness (QED) is 0.0135. The summed E-state index contributed by atoms with van der Waals surface area (Å²) in [6, 6.07) is 12.5. The van der Waals surface area contributed by atoms with E-state index in [9.17, 15) is 52.7 Å². The van der Waals surface area contributed by atoms with Gasteiger partial charge in [0, 0.05) is 75.2 Å². The highest BCUT2D eigenvalue weighted by molar-refractivity contribution is 7.09. The number of likely N-dealkylation sites (tertiary alicyclic amines) is 1. The van der Waals surface area contributed by atoms with E-state index in [-0.39, 0.29) is 91.6 Å². The van der Waals surface area contributed by atoms with Crippen molar-refractivity contribution in [3.05, 3.63) is 94.0 Å². The van der Waals surface area contributed by atoms with E-state index in [1.165, 1.54) is 37.3 Å². The van der Waals surface area contributed by atoms with E-state index < -0.39 is 78.1 Å². The molecule has 0 saturated carbocycles. The first-order valence-corrected chi connectivity index (χ1v) is 35.1. The summed E-state index contributed by atoms with van der Waals surface area (Å²) in [7, 11) is 1.72. The Kier molecular flexibility index (Phi) is 33.2. The summed E-state index contributed by atoms with van der Waals surface area (Å²) in [5, 5.41) is 19.3. The first-order chi connectivity index (χ1) is 45.8. The minimum absolute atomic E-state index is 0.00326. The number of imide groups is 1. The summed E-state index contributed by atoms with van der Waals surface area (Å²) in [5.41, 5.74) is 2.27. The van der Waals surface area contributed by atoms with Gasteiger partial charge in [-0.3, -0.25) is 57.7 Å². The molecule has 1 aromatic heterocycles. The third kappa shape index (κ3) is 25.8. The molecule has 0 aliphatic carbocycles. The molecule has 96 heavy (non-hydrogen) atoms. The van der Waals surface area contributed by atoms with Crippen molar-refractivity contribution in [3.63, 3.8) is 0 Å². The number of aromatic nitrogens is 1. The number of esters is 2. The van der Waals surface area contributed by atoms with Gasteiger partial charge in [-0.25, -0.2) is 9.78 Å². The summed E-state index contributed by atoms with van der Waals surface area (Å²) in [6.07, 6.45) is 10.2. The van der Waals surface area contributed by atoms with Crippen molar-refractivity contribution in [1.29, 1.82) is 0 Å². The summed E-state index contributed by atoms with van der Waals surface area (Å²) in [5.74, 6) is -4.84. The number of carbonyl (C=O) groups is 11. The fraction of sp³-hybridized carbons (Fsp3) is 0.606. The number of likely N-dealkylation sites (N-methyl/N-ethyl adjacent to an activating group) is 1. The molecule has 0 bridgehead atoms. The zero-order valence-electron chi connectivity index (χ0n) is 58.0. The normalized spacial score (nSPS) is 16.5. The lowest BCUT2D eigenvalue weighted by molar-refractivity contribution is -0.149. The van der Waals surface area contributed by atoms with Crippen LogP contribution in [0.1, 0.15) is 192 Å². The molecule has 3 heterocycles. The predicted octanol–water partition coefficient (Wildman–Crippen LogP) is 8.49. The highest BCUT2D eigenvalue weighted by atomic mass is 32.1. The monoisotopic (exact) mass is 1350 g/mol. The van der Waals surface area contributed by atoms with Crippen molar-refractivity contribution in [3.8, 4) is 0 Å². The summed E-state index contributed by atoms with van der Waals surface area (Å²) in [4.78, 5) is 153. The number of unbranched alkanes of at least 4 members (excludes halogenated alkanes) is 5. The molecule has 3 aromatic rings. The molecular formula is C71H104N10O14S. The third-order valence-corrected chi connectivity index (χ3v) is 18.5. The zero-order valence-corrected chi connectivity index (χ0v) is 58.9. The second-order valence-electron chi connectivity index (χ2n) is 25.9. The van der Waals surface area contributed by atoms with Gasteiger partial charge in [0.1, 0.15) is 35.4 Å². The SMILES string of the molecule is CCOC(=O)[C@@H](C)C[C@H](Cc1ccccc1)NC(=O)c1csc([C@@H](C[C@H](C(C)C)N(C)C(=O)[C@@H](NC(=O)[C@H]2CCCCN2CCCCCCNC(=O)OCc2ccc(NC(=O)[C@H](C)NC(=O)[C@@H](NC(=O)CCCCCN3C(=O)C=CC3=O)C(C)C)cc2)[C@@H](C)CC)OC(C)=O)n1. The molecular weight excluding hydrogens is 1250 g/mol. The van der Waals surface area contributed by atoms with Crippen LogP contribution in [0.5, 0.6) is 0 Å². The summed E-state index contributed by atoms with van der Waals surface area (Å²) >= 11 is 1.18. The Hall–Kier alpha value is -8.06. The molecule has 528 valence electrons. The number of rotatable bonds is 40. The summed E-state index contributed by atoms with van der Waals surface area (Å²) in [6.45, 7) is 20.2. The van der Waals surface area contributed by atoms with Gasteiger partial charge in [-0.15, -0.1) is 11.3 Å². The first kappa shape index (κ1) is 78.6. The molecule has 6 N–H and O–H groups in total. The Bertz CT molecular complexity index is 3070. The minimum Gasteiger partial charge on any atom is -0.466 e. The molecule has 9 amide bonds. The van der Waals surface area contributed by atoms with Gasteiger partial charge >= 0.3 is 18.0 Å². The molecule has 0 unspecified atom stereocenters. The molecule has 9 atom stereocenters. The number of hydrogen-bond acceptors (Lipinski definition) is 17. The molecule has 1 fully saturated rings. The van der Waals surface area contributed by atoms with Crippen LogP contribution in [0.2, 0.25) is 0 Å². The number of nitrogens with zero attached hydrogens (tertiary/aromatic N) is 4. The number of piperidine rings is 1. The number of amides is 9. The van der Waals surface area contributed by atoms with Crippen molar-refractivity contribution in [1.82, 2.24) is 46.3 Å². The maximum absolute atomic E-state index is 14.8. The van der Waals surface area contributed by atoms with E-state index >= 15 is 0 Å². The molecule has 0 radical (unpaired) electrons. The molecule has 24 nitrogen and oxygen atoms in total. The molecule has 1 saturated heterocycles. The van der Waals surface area contributed by atoms with Crippen molar-refractivity contribution in [2.75, 3.05) is 45.2 Å². The number of anilines is 1. The highest BCUT2D eigenvalue weighted by Crippen LogP contribution is 2.32. The lowest BCUT2D eigenvalue weighted by Gasteiger charge is -2.39. The van der Waals surface area contributed by atoms with Gasteiger partial charge < -0.3 is 51.0 Å². The number of hydrogen-bond donors (Lipinski definition) is 6. The van der Waals surface area contributed by atoms with Gasteiger partial charge in [-0.05, 0) is 119 Å². The number of nitrogens with one attached hydrogen (secondary N) is 6. The van der Waals surface area contributed by atoms with Gasteiger partial charge in [0.25, 0.3) is 17.7 Å². The smallest absolute Gasteiger partial charge is 0.407 e. The van der Waals surface area contributed by atoms with E-state index in [1.54, 1.807) is 69.3 Å². The van der Waals surface area contributed by atoms with Crippen LogP contribution in [0.25, 0.3) is 0 Å². The average Bonchev–Trinajstić information content (AvgIpc) is 1.51. The lowest BCUT2D eigenvalue weighted by Crippen LogP contribution is -2.58. The van der Waals surface area contributed by atoms with Crippen molar-refractivity contribution in [2.45, 2.75) is 215 Å². The van der Waals surface area contributed by atoms with Crippen LogP contribution in [0.3, 0.4) is 0 Å². The molecule has 25 heteroatoms. The van der Waals surface area contributed by atoms with Crippen LogP contribution in [0.15, 0.2) is 72.1 Å². The van der Waals surface area contributed by atoms with E-state index in [0.29, 0.717) is 74.3 Å². The topological polar surface area (TPSA) is 310 Å². The standard InChI is InChI=1S/C71H104N10O14S/c1-12-47(7)63(69(90)79(11)57(45(3)4)42-58(95-50(10)82)68-76-55(44-96-68)65(87)75-54(40-48(8)70(91)93-13-2)41-51-26-18-16-19-27-51)78-66(88)56-28-21-25-38-80(56)37-23-15-14-22-36-72-71(92)94-43-52-30-32-53(33-31-52)74-64(86)49(9)73-67(89)62(46(5)6)77-59(83)29-20-17-24-39-81-60(84)34-35-61(81)85/h16,18-19,26-27,30-35,44-49,54,56-58,62-63H,12-15,17,20-25,28-29,36-43H2,1-11H3,(H,72,92)(H,73,89)(H,74,86)(H,75,87)(H,77,83)(H,78,88)/t47-,48-,49-,54+,56+,57+,58+,62-,63-/m0/s1. The Labute approximate surface area is 570 Å². The second kappa shape index (κ2) is 40.5. The molecule has 2 aliphatic heterocycles. The van der Waals surface area contributed by atoms with Crippen LogP contribution in [-0.4, -0.2) is 161 Å². The fourth-order valence-electron chi connectivity index (χ4n) is 11.7. The van der Waals surface area contributed by atoms with E-state index in [1.807, 2.05) is 58.0 Å². The molecule has 0 spiro atoms. The van der Waals surface area contributed by atoms with Crippen LogP contribution < -0.4 is 31.9 Å². The van der Waals surface area contributed by atoms with Crippen molar-refractivity contribution >= 4 is 82.3 Å². The number of carbonyl (C=O) groups excluding carboxylic acids is 11. The van der Waals surface area contributed by atoms with E-state index in [0.717, 1.165) is 55.5 Å². The zero-order chi connectivity index (χ0) is 70.4. The Balaban J connectivity index is 1.03. The minimum atomic E-state index is -0.933. The second-order valence-corrected chi connectivity index (χ2v) is 26.8. The van der Waals surface area contributed by atoms with Gasteiger partial charge in [0.05, 0.1) is 18.6 Å². The number of thiazole rings is 1. The van der Waals surface area contributed by atoms with Crippen LogP contribution >= 0.6 is 11.3 Å². The molecule has 2 aliphatic rings. The maximum atomic E-state index is 14.8. The highest BCUT2D eigenvalue weighted by Gasteiger charge is 2.38. The number of alkyl carbamates (subject to hydrolysis) is 1. The molecule has 5 rings (SSSR count). The fourth-order valence-corrected chi connectivity index (χ4v) is 12.6. The summed E-state index contributed by atoms with van der Waals surface area (Å²) < 4.78 is 16.6. The van der Waals surface area contributed by atoms with Gasteiger partial charge in [0.2, 0.25) is 29.5 Å². The van der Waals surface area contributed by atoms with Crippen LogP contribution in [-0.2, 0) is 70.4 Å². The lowest BCUT2D eigenvalue weighted by atomic mass is 9.92. The van der Waals surface area contributed by atoms with Gasteiger partial charge in [-0.1, -0.05) is 123 Å². The Morgan fingerprint density at radius 1 is 0.719 bits per heavy atom. The van der Waals surface area contributed by atoms with Gasteiger partial charge in [0.15, 0.2) is 6.10 Å². The maximum Gasteiger partial charge on any atom is 0.407 e. The number of ether oxygens (including phenoxy) is 3. The number of benzene rings is 2.